The summed E-state index contributed by atoms with van der Waals surface area (Å²) >= 11 is 1.77. The molecule has 1 aliphatic heterocycles. The largest absolute Gasteiger partial charge is 0.352 e. The van der Waals surface area contributed by atoms with Crippen LogP contribution in [0.4, 0.5) is 0 Å². The van der Waals surface area contributed by atoms with E-state index in [2.05, 4.69) is 63.8 Å². The number of likely N-dealkylation sites (N-methyl/N-ethyl adjacent to an activating group) is 1. The van der Waals surface area contributed by atoms with Crippen molar-refractivity contribution in [3.8, 4) is 0 Å². The first-order valence-corrected chi connectivity index (χ1v) is 10.9. The van der Waals surface area contributed by atoms with Crippen molar-refractivity contribution >= 4 is 17.2 Å². The third-order valence-corrected chi connectivity index (χ3v) is 6.24. The van der Waals surface area contributed by atoms with Crippen molar-refractivity contribution in [2.24, 2.45) is 0 Å². The summed E-state index contributed by atoms with van der Waals surface area (Å²) in [5, 5.41) is 5.20. The van der Waals surface area contributed by atoms with Gasteiger partial charge in [-0.15, -0.1) is 11.3 Å². The fourth-order valence-electron chi connectivity index (χ4n) is 3.55. The summed E-state index contributed by atoms with van der Waals surface area (Å²) in [4.78, 5) is 18.6. The Kier molecular flexibility index (Phi) is 7.87. The zero-order valence-electron chi connectivity index (χ0n) is 16.3. The highest BCUT2D eigenvalue weighted by Gasteiger charge is 2.16. The van der Waals surface area contributed by atoms with Gasteiger partial charge in [-0.2, -0.15) is 0 Å². The van der Waals surface area contributed by atoms with Gasteiger partial charge < -0.3 is 10.2 Å². The highest BCUT2D eigenvalue weighted by atomic mass is 32.1. The van der Waals surface area contributed by atoms with Crippen LogP contribution in [0.25, 0.3) is 0 Å². The van der Waals surface area contributed by atoms with Gasteiger partial charge in [0.15, 0.2) is 0 Å². The number of nitrogens with zero attached hydrogens (tertiary/aromatic N) is 2. The minimum Gasteiger partial charge on any atom is -0.352 e. The normalized spacial score (nSPS) is 15.7. The molecule has 0 saturated carbocycles. The molecule has 0 radical (unpaired) electrons. The summed E-state index contributed by atoms with van der Waals surface area (Å²) in [6.45, 7) is 9.52. The molecule has 1 fully saturated rings. The Bertz CT molecular complexity index is 693. The van der Waals surface area contributed by atoms with E-state index in [9.17, 15) is 4.79 Å². The maximum absolute atomic E-state index is 12.2. The molecule has 0 unspecified atom stereocenters. The molecule has 1 aliphatic rings. The molecule has 2 heterocycles. The monoisotopic (exact) mass is 385 g/mol. The summed E-state index contributed by atoms with van der Waals surface area (Å²) in [5.41, 5.74) is 2.57. The number of benzene rings is 1. The van der Waals surface area contributed by atoms with Gasteiger partial charge in [0.25, 0.3) is 0 Å². The van der Waals surface area contributed by atoms with Gasteiger partial charge in [-0.1, -0.05) is 37.3 Å². The van der Waals surface area contributed by atoms with Crippen molar-refractivity contribution in [1.29, 1.82) is 0 Å². The zero-order chi connectivity index (χ0) is 18.9. The first kappa shape index (κ1) is 20.1. The molecule has 27 heavy (non-hydrogen) atoms. The van der Waals surface area contributed by atoms with Gasteiger partial charge in [-0.05, 0) is 42.0 Å². The molecule has 1 saturated heterocycles. The summed E-state index contributed by atoms with van der Waals surface area (Å²) < 4.78 is 0. The van der Waals surface area contributed by atoms with Crippen LogP contribution in [0, 0.1) is 0 Å². The van der Waals surface area contributed by atoms with E-state index in [1.807, 2.05) is 0 Å². The van der Waals surface area contributed by atoms with Gasteiger partial charge in [0, 0.05) is 50.6 Å². The van der Waals surface area contributed by atoms with Crippen molar-refractivity contribution in [2.45, 2.75) is 39.3 Å². The first-order chi connectivity index (χ1) is 13.2. The molecule has 1 aromatic heterocycles. The summed E-state index contributed by atoms with van der Waals surface area (Å²) in [6.07, 6.45) is 2.50. The van der Waals surface area contributed by atoms with Crippen molar-refractivity contribution in [1.82, 2.24) is 15.1 Å². The van der Waals surface area contributed by atoms with Crippen molar-refractivity contribution in [2.75, 3.05) is 32.7 Å². The van der Waals surface area contributed by atoms with Crippen molar-refractivity contribution in [3.05, 3.63) is 57.8 Å². The van der Waals surface area contributed by atoms with Gasteiger partial charge in [-0.3, -0.25) is 9.69 Å². The molecular formula is C22H31N3OS. The number of nitrogens with one attached hydrogen (secondary N) is 1. The van der Waals surface area contributed by atoms with Crippen LogP contribution in [-0.4, -0.2) is 48.4 Å². The number of carbonyl (C=O) groups is 1. The van der Waals surface area contributed by atoms with Gasteiger partial charge in [-0.25, -0.2) is 0 Å². The second kappa shape index (κ2) is 10.6. The van der Waals surface area contributed by atoms with Crippen LogP contribution in [0.5, 0.6) is 0 Å². The smallest absolute Gasteiger partial charge is 0.220 e. The lowest BCUT2D eigenvalue weighted by Crippen LogP contribution is -2.45. The SMILES string of the molecule is CCN1CCN(Cc2ccccc2CNC(=O)CCCc2cccs2)CC1. The van der Waals surface area contributed by atoms with Crippen LogP contribution in [0.3, 0.4) is 0 Å². The third kappa shape index (κ3) is 6.45. The van der Waals surface area contributed by atoms with E-state index in [0.29, 0.717) is 13.0 Å². The molecule has 0 bridgehead atoms. The first-order valence-electron chi connectivity index (χ1n) is 10.0. The average Bonchev–Trinajstić information content (AvgIpc) is 3.21. The third-order valence-electron chi connectivity index (χ3n) is 5.31. The van der Waals surface area contributed by atoms with E-state index in [0.717, 1.165) is 52.1 Å². The Labute approximate surface area is 167 Å². The van der Waals surface area contributed by atoms with Gasteiger partial charge >= 0.3 is 0 Å². The summed E-state index contributed by atoms with van der Waals surface area (Å²) in [7, 11) is 0. The Morgan fingerprint density at radius 2 is 1.78 bits per heavy atom. The van der Waals surface area contributed by atoms with Gasteiger partial charge in [0.2, 0.25) is 5.91 Å². The summed E-state index contributed by atoms with van der Waals surface area (Å²) in [5.74, 6) is 0.151. The van der Waals surface area contributed by atoms with E-state index >= 15 is 0 Å². The van der Waals surface area contributed by atoms with E-state index in [1.165, 1.54) is 16.0 Å². The van der Waals surface area contributed by atoms with Gasteiger partial charge in [0.05, 0.1) is 0 Å². The molecule has 5 heteroatoms. The zero-order valence-corrected chi connectivity index (χ0v) is 17.1. The van der Waals surface area contributed by atoms with Crippen LogP contribution < -0.4 is 5.32 Å². The molecule has 0 spiro atoms. The lowest BCUT2D eigenvalue weighted by atomic mass is 10.1. The topological polar surface area (TPSA) is 35.6 Å². The quantitative estimate of drug-likeness (QED) is 0.717. The average molecular weight is 386 g/mol. The minimum atomic E-state index is 0.151. The molecule has 0 aliphatic carbocycles. The van der Waals surface area contributed by atoms with Crippen LogP contribution in [0.1, 0.15) is 35.8 Å². The number of piperazine rings is 1. The fraction of sp³-hybridized carbons (Fsp3) is 0.500. The number of carbonyl (C=O) groups excluding carboxylic acids is 1. The molecule has 4 nitrogen and oxygen atoms in total. The van der Waals surface area contributed by atoms with E-state index in [1.54, 1.807) is 11.3 Å². The van der Waals surface area contributed by atoms with Crippen LogP contribution in [0.15, 0.2) is 41.8 Å². The molecular weight excluding hydrogens is 354 g/mol. The second-order valence-electron chi connectivity index (χ2n) is 7.19. The lowest BCUT2D eigenvalue weighted by molar-refractivity contribution is -0.121. The minimum absolute atomic E-state index is 0.151. The molecule has 2 aromatic rings. The Morgan fingerprint density at radius 3 is 2.48 bits per heavy atom. The van der Waals surface area contributed by atoms with E-state index < -0.39 is 0 Å². The summed E-state index contributed by atoms with van der Waals surface area (Å²) in [6, 6.07) is 12.7. The number of amides is 1. The number of hydrogen-bond acceptors (Lipinski definition) is 4. The van der Waals surface area contributed by atoms with Crippen LogP contribution in [0.2, 0.25) is 0 Å². The highest BCUT2D eigenvalue weighted by molar-refractivity contribution is 7.09. The molecule has 146 valence electrons. The molecule has 1 amide bonds. The Balaban J connectivity index is 1.44. The standard InChI is InChI=1S/C22H31N3OS/c1-2-24-12-14-25(15-13-24)18-20-8-4-3-7-19(20)17-23-22(26)11-5-9-21-10-6-16-27-21/h3-4,6-8,10,16H,2,5,9,11-15,17-18H2,1H3,(H,23,26). The van der Waals surface area contributed by atoms with E-state index in [-0.39, 0.29) is 5.91 Å². The number of hydrogen-bond donors (Lipinski definition) is 1. The van der Waals surface area contributed by atoms with Crippen LogP contribution >= 0.6 is 11.3 Å². The van der Waals surface area contributed by atoms with Crippen molar-refractivity contribution in [3.63, 3.8) is 0 Å². The number of rotatable bonds is 9. The van der Waals surface area contributed by atoms with Gasteiger partial charge in [0.1, 0.15) is 0 Å². The Hall–Kier alpha value is -1.69. The van der Waals surface area contributed by atoms with Crippen LogP contribution in [-0.2, 0) is 24.3 Å². The Morgan fingerprint density at radius 1 is 1.04 bits per heavy atom. The predicted molar refractivity (Wildman–Crippen MR) is 113 cm³/mol. The second-order valence-corrected chi connectivity index (χ2v) is 8.22. The fourth-order valence-corrected chi connectivity index (χ4v) is 4.30. The van der Waals surface area contributed by atoms with E-state index in [4.69, 9.17) is 0 Å². The maximum Gasteiger partial charge on any atom is 0.220 e. The molecule has 1 aromatic carbocycles. The van der Waals surface area contributed by atoms with Crippen molar-refractivity contribution < 1.29 is 4.79 Å². The highest BCUT2D eigenvalue weighted by Crippen LogP contribution is 2.14. The lowest BCUT2D eigenvalue weighted by Gasteiger charge is -2.34. The maximum atomic E-state index is 12.2. The molecule has 0 atom stereocenters. The molecule has 3 rings (SSSR count). The molecule has 1 N–H and O–H groups in total. The number of thiophene rings is 1. The number of aryl methyl sites for hydroxylation is 1. The predicted octanol–water partition coefficient (Wildman–Crippen LogP) is 3.52.